The van der Waals surface area contributed by atoms with E-state index in [0.29, 0.717) is 29.2 Å². The van der Waals surface area contributed by atoms with E-state index >= 15 is 0 Å². The minimum Gasteiger partial charge on any atom is -0.497 e. The number of nitrogens with zero attached hydrogens (tertiary/aromatic N) is 2. The zero-order valence-corrected chi connectivity index (χ0v) is 21.5. The van der Waals surface area contributed by atoms with Gasteiger partial charge in [-0.2, -0.15) is 0 Å². The van der Waals surface area contributed by atoms with Crippen LogP contribution in [0.4, 0.5) is 5.69 Å². The molecular formula is C27H31N3O5S. The van der Waals surface area contributed by atoms with Gasteiger partial charge in [0.2, 0.25) is 11.8 Å². The Bertz CT molecular complexity index is 1370. The van der Waals surface area contributed by atoms with Crippen LogP contribution in [0, 0.1) is 0 Å². The summed E-state index contributed by atoms with van der Waals surface area (Å²) < 4.78 is 33.0. The molecule has 8 nitrogen and oxygen atoms in total. The average Bonchev–Trinajstić information content (AvgIpc) is 3.11. The quantitative estimate of drug-likeness (QED) is 0.450. The minimum absolute atomic E-state index is 0.113. The van der Waals surface area contributed by atoms with Crippen LogP contribution in [0.3, 0.4) is 0 Å². The van der Waals surface area contributed by atoms with E-state index in [1.807, 2.05) is 49.4 Å². The molecule has 36 heavy (non-hydrogen) atoms. The first-order valence-corrected chi connectivity index (χ1v) is 13.4. The van der Waals surface area contributed by atoms with Crippen LogP contribution in [0.25, 0.3) is 10.8 Å². The molecule has 9 heteroatoms. The lowest BCUT2D eigenvalue weighted by Gasteiger charge is -2.30. The molecule has 0 saturated carbocycles. The molecule has 0 radical (unpaired) electrons. The maximum atomic E-state index is 13.4. The summed E-state index contributed by atoms with van der Waals surface area (Å²) in [5.74, 6) is 0.273. The van der Waals surface area contributed by atoms with E-state index < -0.39 is 16.1 Å². The van der Waals surface area contributed by atoms with Crippen molar-refractivity contribution in [1.82, 2.24) is 10.2 Å². The van der Waals surface area contributed by atoms with E-state index in [4.69, 9.17) is 4.74 Å². The topological polar surface area (TPSA) is 96.0 Å². The van der Waals surface area contributed by atoms with E-state index in [-0.39, 0.29) is 31.3 Å². The Morgan fingerprint density at radius 2 is 1.75 bits per heavy atom. The fourth-order valence-electron chi connectivity index (χ4n) is 4.73. The Morgan fingerprint density at radius 3 is 2.39 bits per heavy atom. The second-order valence-electron chi connectivity index (χ2n) is 8.72. The number of methoxy groups -OCH3 is 1. The number of carbonyl (C=O) groups excluding carboxylic acids is 2. The molecule has 0 fully saturated rings. The van der Waals surface area contributed by atoms with Crippen molar-refractivity contribution < 1.29 is 22.7 Å². The standard InChI is InChI=1S/C27H31N3O5S/c1-4-22(27(32)28-2)29(18-19-13-15-21(35-3)16-14-19)25(31)12-7-17-30-23-10-5-8-20-9-6-11-24(26(20)23)36(30,33)34/h5-6,8-11,13-16,22H,4,7,12,17-18H2,1-3H3,(H,28,32). The summed E-state index contributed by atoms with van der Waals surface area (Å²) in [5.41, 5.74) is 1.51. The first kappa shape index (κ1) is 25.5. The van der Waals surface area contributed by atoms with E-state index in [0.717, 1.165) is 16.3 Å². The minimum atomic E-state index is -3.68. The van der Waals surface area contributed by atoms with Crippen molar-refractivity contribution in [3.05, 3.63) is 66.2 Å². The third-order valence-electron chi connectivity index (χ3n) is 6.58. The van der Waals surface area contributed by atoms with E-state index in [1.54, 1.807) is 37.3 Å². The summed E-state index contributed by atoms with van der Waals surface area (Å²) in [6.07, 6.45) is 0.896. The molecule has 1 aliphatic rings. The summed E-state index contributed by atoms with van der Waals surface area (Å²) in [6, 6.07) is 17.5. The Morgan fingerprint density at radius 1 is 1.06 bits per heavy atom. The maximum Gasteiger partial charge on any atom is 0.265 e. The molecule has 4 rings (SSSR count). The molecule has 0 saturated heterocycles. The molecular weight excluding hydrogens is 478 g/mol. The molecule has 0 aromatic heterocycles. The largest absolute Gasteiger partial charge is 0.497 e. The highest BCUT2D eigenvalue weighted by molar-refractivity contribution is 7.93. The number of amides is 2. The van der Waals surface area contributed by atoms with Gasteiger partial charge < -0.3 is 15.0 Å². The Balaban J connectivity index is 1.51. The van der Waals surface area contributed by atoms with Crippen LogP contribution in [0.15, 0.2) is 65.6 Å². The normalized spacial score (nSPS) is 14.5. The van der Waals surface area contributed by atoms with Crippen LogP contribution in [0.5, 0.6) is 5.75 Å². The van der Waals surface area contributed by atoms with Crippen LogP contribution in [-0.2, 0) is 26.2 Å². The molecule has 1 N–H and O–H groups in total. The SMILES string of the molecule is CCC(C(=O)NC)N(Cc1ccc(OC)cc1)C(=O)CCCN1c2cccc3cccc(c23)S1(=O)=O. The summed E-state index contributed by atoms with van der Waals surface area (Å²) in [4.78, 5) is 27.8. The predicted octanol–water partition coefficient (Wildman–Crippen LogP) is 3.69. The second-order valence-corrected chi connectivity index (χ2v) is 10.6. The number of benzene rings is 3. The molecule has 0 aliphatic carbocycles. The van der Waals surface area contributed by atoms with Gasteiger partial charge in [0, 0.05) is 31.9 Å². The predicted molar refractivity (Wildman–Crippen MR) is 139 cm³/mol. The number of ether oxygens (including phenoxy) is 1. The molecule has 190 valence electrons. The van der Waals surface area contributed by atoms with Gasteiger partial charge in [0.25, 0.3) is 10.0 Å². The third kappa shape index (κ3) is 4.75. The van der Waals surface area contributed by atoms with Gasteiger partial charge in [-0.1, -0.05) is 43.3 Å². The van der Waals surface area contributed by atoms with E-state index in [2.05, 4.69) is 5.32 Å². The van der Waals surface area contributed by atoms with Crippen LogP contribution < -0.4 is 14.4 Å². The van der Waals surface area contributed by atoms with Crippen LogP contribution >= 0.6 is 0 Å². The lowest BCUT2D eigenvalue weighted by Crippen LogP contribution is -2.48. The van der Waals surface area contributed by atoms with Gasteiger partial charge >= 0.3 is 0 Å². The van der Waals surface area contributed by atoms with Gasteiger partial charge in [-0.25, -0.2) is 8.42 Å². The molecule has 1 aliphatic heterocycles. The molecule has 0 spiro atoms. The molecule has 1 atom stereocenters. The highest BCUT2D eigenvalue weighted by Crippen LogP contribution is 2.42. The monoisotopic (exact) mass is 509 g/mol. The smallest absolute Gasteiger partial charge is 0.265 e. The molecule has 3 aromatic carbocycles. The van der Waals surface area contributed by atoms with Crippen LogP contribution in [0.2, 0.25) is 0 Å². The zero-order valence-electron chi connectivity index (χ0n) is 20.7. The first-order valence-electron chi connectivity index (χ1n) is 12.0. The number of nitrogens with one attached hydrogen (secondary N) is 1. The molecule has 3 aromatic rings. The third-order valence-corrected chi connectivity index (χ3v) is 8.43. The summed E-state index contributed by atoms with van der Waals surface area (Å²) in [7, 11) is -0.538. The van der Waals surface area contributed by atoms with Crippen molar-refractivity contribution >= 4 is 38.3 Å². The van der Waals surface area contributed by atoms with Crippen molar-refractivity contribution in [2.75, 3.05) is 25.0 Å². The number of likely N-dealkylation sites (N-methyl/N-ethyl adjacent to an activating group) is 1. The van der Waals surface area contributed by atoms with Crippen LogP contribution in [-0.4, -0.2) is 51.9 Å². The lowest BCUT2D eigenvalue weighted by molar-refractivity contribution is -0.141. The van der Waals surface area contributed by atoms with Gasteiger partial charge in [-0.05, 0) is 48.1 Å². The van der Waals surface area contributed by atoms with Gasteiger partial charge in [0.1, 0.15) is 11.8 Å². The Hall–Kier alpha value is -3.59. The maximum absolute atomic E-state index is 13.4. The highest BCUT2D eigenvalue weighted by atomic mass is 32.2. The highest BCUT2D eigenvalue weighted by Gasteiger charge is 2.35. The molecule has 1 unspecified atom stereocenters. The number of hydrogen-bond donors (Lipinski definition) is 1. The van der Waals surface area contributed by atoms with Gasteiger partial charge in [0.15, 0.2) is 0 Å². The van der Waals surface area contributed by atoms with Crippen molar-refractivity contribution in [1.29, 1.82) is 0 Å². The molecule has 0 bridgehead atoms. The number of anilines is 1. The zero-order chi connectivity index (χ0) is 25.9. The van der Waals surface area contributed by atoms with E-state index in [1.165, 1.54) is 4.31 Å². The molecule has 2 amide bonds. The fourth-order valence-corrected chi connectivity index (χ4v) is 6.48. The average molecular weight is 510 g/mol. The summed E-state index contributed by atoms with van der Waals surface area (Å²) in [5, 5.41) is 4.24. The van der Waals surface area contributed by atoms with Gasteiger partial charge in [0.05, 0.1) is 17.7 Å². The van der Waals surface area contributed by atoms with Crippen LogP contribution in [0.1, 0.15) is 31.7 Å². The van der Waals surface area contributed by atoms with Crippen molar-refractivity contribution in [2.45, 2.75) is 43.7 Å². The summed E-state index contributed by atoms with van der Waals surface area (Å²) >= 11 is 0. The Labute approximate surface area is 211 Å². The number of rotatable bonds is 10. The fraction of sp³-hybridized carbons (Fsp3) is 0.333. The second kappa shape index (κ2) is 10.6. The number of sulfonamides is 1. The van der Waals surface area contributed by atoms with E-state index in [9.17, 15) is 18.0 Å². The van der Waals surface area contributed by atoms with Gasteiger partial charge in [-0.3, -0.25) is 13.9 Å². The van der Waals surface area contributed by atoms with Crippen molar-refractivity contribution in [2.24, 2.45) is 0 Å². The van der Waals surface area contributed by atoms with Crippen molar-refractivity contribution in [3.63, 3.8) is 0 Å². The summed E-state index contributed by atoms with van der Waals surface area (Å²) in [6.45, 7) is 2.30. The number of hydrogen-bond acceptors (Lipinski definition) is 5. The van der Waals surface area contributed by atoms with Gasteiger partial charge in [-0.15, -0.1) is 0 Å². The molecule has 1 heterocycles. The first-order chi connectivity index (χ1) is 17.3. The Kier molecular flexibility index (Phi) is 7.49. The number of carbonyl (C=O) groups is 2. The van der Waals surface area contributed by atoms with Crippen molar-refractivity contribution in [3.8, 4) is 5.75 Å². The lowest BCUT2D eigenvalue weighted by atomic mass is 10.1.